The lowest BCUT2D eigenvalue weighted by Crippen LogP contribution is -2.35. The van der Waals surface area contributed by atoms with Crippen molar-refractivity contribution < 1.29 is 17.9 Å². The van der Waals surface area contributed by atoms with Crippen molar-refractivity contribution in [1.29, 1.82) is 0 Å². The monoisotopic (exact) mass is 350 g/mol. The van der Waals surface area contributed by atoms with Crippen molar-refractivity contribution >= 4 is 15.9 Å². The Morgan fingerprint density at radius 1 is 1.33 bits per heavy atom. The van der Waals surface area contributed by atoms with Crippen LogP contribution in [0.5, 0.6) is 0 Å². The van der Waals surface area contributed by atoms with E-state index in [-0.39, 0.29) is 23.4 Å². The van der Waals surface area contributed by atoms with E-state index in [1.165, 1.54) is 24.3 Å². The zero-order valence-electron chi connectivity index (χ0n) is 12.9. The summed E-state index contributed by atoms with van der Waals surface area (Å²) in [6.45, 7) is 1.21. The van der Waals surface area contributed by atoms with Crippen LogP contribution >= 0.6 is 0 Å². The molecule has 1 fully saturated rings. The number of nitrogens with zero attached hydrogens (tertiary/aromatic N) is 1. The van der Waals surface area contributed by atoms with Gasteiger partial charge in [-0.15, -0.1) is 0 Å². The van der Waals surface area contributed by atoms with Crippen molar-refractivity contribution in [1.82, 2.24) is 20.0 Å². The van der Waals surface area contributed by atoms with Crippen LogP contribution in [0.3, 0.4) is 0 Å². The molecule has 0 radical (unpaired) electrons. The number of sulfonamides is 1. The summed E-state index contributed by atoms with van der Waals surface area (Å²) < 4.78 is 32.3. The number of hydrogen-bond donors (Lipinski definition) is 3. The summed E-state index contributed by atoms with van der Waals surface area (Å²) in [5, 5.41) is 2.70. The summed E-state index contributed by atoms with van der Waals surface area (Å²) in [7, 11) is -3.61. The van der Waals surface area contributed by atoms with Crippen molar-refractivity contribution in [2.24, 2.45) is 0 Å². The number of nitrogens with one attached hydrogen (secondary N) is 3. The van der Waals surface area contributed by atoms with Crippen molar-refractivity contribution in [2.75, 3.05) is 13.2 Å². The lowest BCUT2D eigenvalue weighted by Gasteiger charge is -2.11. The van der Waals surface area contributed by atoms with Gasteiger partial charge in [0.05, 0.1) is 18.0 Å². The lowest BCUT2D eigenvalue weighted by molar-refractivity contribution is 0.0950. The van der Waals surface area contributed by atoms with Crippen molar-refractivity contribution in [3.8, 4) is 0 Å². The van der Waals surface area contributed by atoms with E-state index in [0.29, 0.717) is 31.0 Å². The standard InChI is InChI=1S/C15H18N4O4S/c20-15(18-9-14-16-6-7-17-14)11-1-3-13(4-2-11)24(21,22)19-12-5-8-23-10-12/h1-4,6-7,12,19H,5,8-10H2,(H,16,17)(H,18,20)/t12-/m1/s1. The first-order valence-electron chi connectivity index (χ1n) is 7.51. The van der Waals surface area contributed by atoms with E-state index in [0.717, 1.165) is 0 Å². The van der Waals surface area contributed by atoms with E-state index in [1.807, 2.05) is 0 Å². The summed E-state index contributed by atoms with van der Waals surface area (Å²) in [6.07, 6.45) is 3.93. The highest BCUT2D eigenvalue weighted by atomic mass is 32.2. The minimum Gasteiger partial charge on any atom is -0.380 e. The molecule has 2 heterocycles. The Balaban J connectivity index is 1.62. The van der Waals surface area contributed by atoms with Gasteiger partial charge in [0.2, 0.25) is 10.0 Å². The fourth-order valence-corrected chi connectivity index (χ4v) is 3.62. The molecular formula is C15H18N4O4S. The second-order valence-electron chi connectivity index (χ2n) is 5.42. The number of carbonyl (C=O) groups excluding carboxylic acids is 1. The quantitative estimate of drug-likeness (QED) is 0.698. The number of aromatic nitrogens is 2. The van der Waals surface area contributed by atoms with Crippen LogP contribution in [0.2, 0.25) is 0 Å². The molecule has 0 unspecified atom stereocenters. The molecule has 1 aromatic carbocycles. The zero-order valence-corrected chi connectivity index (χ0v) is 13.7. The van der Waals surface area contributed by atoms with Gasteiger partial charge < -0.3 is 15.0 Å². The molecule has 1 atom stereocenters. The average molecular weight is 350 g/mol. The molecule has 0 aliphatic carbocycles. The van der Waals surface area contributed by atoms with Crippen LogP contribution < -0.4 is 10.0 Å². The number of amides is 1. The number of H-pyrrole nitrogens is 1. The smallest absolute Gasteiger partial charge is 0.251 e. The molecule has 9 heteroatoms. The van der Waals surface area contributed by atoms with Gasteiger partial charge in [0.25, 0.3) is 5.91 Å². The Bertz CT molecular complexity index is 781. The predicted molar refractivity (Wildman–Crippen MR) is 85.7 cm³/mol. The fraction of sp³-hybridized carbons (Fsp3) is 0.333. The number of aromatic amines is 1. The van der Waals surface area contributed by atoms with Crippen LogP contribution in [0.1, 0.15) is 22.6 Å². The summed E-state index contributed by atoms with van der Waals surface area (Å²) >= 11 is 0. The average Bonchev–Trinajstić information content (AvgIpc) is 3.26. The molecule has 3 N–H and O–H groups in total. The number of rotatable bonds is 6. The number of ether oxygens (including phenoxy) is 1. The molecule has 1 aromatic heterocycles. The van der Waals surface area contributed by atoms with E-state index in [2.05, 4.69) is 20.0 Å². The normalized spacial score (nSPS) is 17.8. The number of imidazole rings is 1. The van der Waals surface area contributed by atoms with E-state index in [9.17, 15) is 13.2 Å². The number of benzene rings is 1. The molecule has 3 rings (SSSR count). The maximum atomic E-state index is 12.3. The van der Waals surface area contributed by atoms with Crippen LogP contribution in [0.15, 0.2) is 41.6 Å². The van der Waals surface area contributed by atoms with Crippen LogP contribution in [0.25, 0.3) is 0 Å². The highest BCUT2D eigenvalue weighted by Gasteiger charge is 2.23. The van der Waals surface area contributed by atoms with Gasteiger partial charge in [0.15, 0.2) is 0 Å². The zero-order chi connectivity index (χ0) is 17.0. The molecule has 0 bridgehead atoms. The van der Waals surface area contributed by atoms with Gasteiger partial charge in [-0.1, -0.05) is 0 Å². The maximum absolute atomic E-state index is 12.3. The Morgan fingerprint density at radius 2 is 2.12 bits per heavy atom. The van der Waals surface area contributed by atoms with Crippen LogP contribution in [-0.4, -0.2) is 43.5 Å². The molecule has 1 saturated heterocycles. The minimum atomic E-state index is -3.61. The van der Waals surface area contributed by atoms with Gasteiger partial charge in [0, 0.05) is 30.6 Å². The largest absolute Gasteiger partial charge is 0.380 e. The maximum Gasteiger partial charge on any atom is 0.251 e. The number of hydrogen-bond acceptors (Lipinski definition) is 5. The van der Waals surface area contributed by atoms with Crippen LogP contribution in [0.4, 0.5) is 0 Å². The fourth-order valence-electron chi connectivity index (χ4n) is 2.36. The molecule has 24 heavy (non-hydrogen) atoms. The van der Waals surface area contributed by atoms with E-state index in [1.54, 1.807) is 12.4 Å². The van der Waals surface area contributed by atoms with Crippen molar-refractivity contribution in [2.45, 2.75) is 23.9 Å². The van der Waals surface area contributed by atoms with E-state index < -0.39 is 10.0 Å². The molecule has 2 aromatic rings. The predicted octanol–water partition coefficient (Wildman–Crippen LogP) is 0.407. The second-order valence-corrected chi connectivity index (χ2v) is 7.14. The third-order valence-electron chi connectivity index (χ3n) is 3.65. The first-order chi connectivity index (χ1) is 11.5. The van der Waals surface area contributed by atoms with Crippen LogP contribution in [0, 0.1) is 0 Å². The topological polar surface area (TPSA) is 113 Å². The summed E-state index contributed by atoms with van der Waals surface area (Å²) in [5.74, 6) is 0.345. The molecule has 0 spiro atoms. The highest BCUT2D eigenvalue weighted by Crippen LogP contribution is 2.13. The molecule has 1 aliphatic heterocycles. The Morgan fingerprint density at radius 3 is 2.75 bits per heavy atom. The molecule has 128 valence electrons. The molecular weight excluding hydrogens is 332 g/mol. The number of carbonyl (C=O) groups is 1. The Hall–Kier alpha value is -2.23. The van der Waals surface area contributed by atoms with Crippen molar-refractivity contribution in [3.05, 3.63) is 48.0 Å². The van der Waals surface area contributed by atoms with Gasteiger partial charge in [-0.2, -0.15) is 0 Å². The lowest BCUT2D eigenvalue weighted by atomic mass is 10.2. The Labute approximate surface area is 139 Å². The van der Waals surface area contributed by atoms with Gasteiger partial charge in [-0.3, -0.25) is 4.79 Å². The van der Waals surface area contributed by atoms with Gasteiger partial charge in [-0.05, 0) is 30.7 Å². The van der Waals surface area contributed by atoms with Gasteiger partial charge in [0.1, 0.15) is 5.82 Å². The summed E-state index contributed by atoms with van der Waals surface area (Å²) in [6, 6.07) is 5.60. The highest BCUT2D eigenvalue weighted by molar-refractivity contribution is 7.89. The van der Waals surface area contributed by atoms with E-state index >= 15 is 0 Å². The minimum absolute atomic E-state index is 0.122. The molecule has 0 saturated carbocycles. The van der Waals surface area contributed by atoms with Gasteiger partial charge in [-0.25, -0.2) is 18.1 Å². The SMILES string of the molecule is O=C(NCc1ncc[nH]1)c1ccc(S(=O)(=O)N[C@@H]2CCOC2)cc1. The van der Waals surface area contributed by atoms with Gasteiger partial charge >= 0.3 is 0 Å². The van der Waals surface area contributed by atoms with Crippen molar-refractivity contribution in [3.63, 3.8) is 0 Å². The summed E-state index contributed by atoms with van der Waals surface area (Å²) in [4.78, 5) is 19.1. The molecule has 1 amide bonds. The third kappa shape index (κ3) is 3.99. The third-order valence-corrected chi connectivity index (χ3v) is 5.19. The first-order valence-corrected chi connectivity index (χ1v) is 8.99. The first kappa shape index (κ1) is 16.6. The van der Waals surface area contributed by atoms with E-state index in [4.69, 9.17) is 4.74 Å². The second kappa shape index (κ2) is 7.12. The molecule has 1 aliphatic rings. The summed E-state index contributed by atoms with van der Waals surface area (Å²) in [5.41, 5.74) is 0.379. The Kier molecular flexibility index (Phi) is 4.93. The van der Waals surface area contributed by atoms with Crippen LogP contribution in [-0.2, 0) is 21.3 Å². The molecule has 8 nitrogen and oxygen atoms in total.